The molecule has 0 aliphatic rings. The van der Waals surface area contributed by atoms with Crippen molar-refractivity contribution in [2.75, 3.05) is 5.32 Å². The van der Waals surface area contributed by atoms with E-state index in [4.69, 9.17) is 28.3 Å². The first kappa shape index (κ1) is 21.9. The predicted molar refractivity (Wildman–Crippen MR) is 118 cm³/mol. The van der Waals surface area contributed by atoms with Crippen molar-refractivity contribution in [2.45, 2.75) is 9.79 Å². The minimum atomic E-state index is -1.08. The van der Waals surface area contributed by atoms with Gasteiger partial charge in [0.25, 0.3) is 0 Å². The molecule has 0 atom stereocenters. The number of carboxylic acid groups (broad SMARTS) is 1. The number of hydrogen-bond donors (Lipinski definition) is 2. The lowest BCUT2D eigenvalue weighted by atomic mass is 10.2. The number of hydrogen-bond acceptors (Lipinski definition) is 3. The summed E-state index contributed by atoms with van der Waals surface area (Å²) in [6.45, 7) is 0. The first-order valence-electron chi connectivity index (χ1n) is 8.57. The average molecular weight is 462 g/mol. The molecule has 0 unspecified atom stereocenters. The number of carbonyl (C=O) groups excluding carboxylic acids is 1. The molecule has 0 bridgehead atoms. The lowest BCUT2D eigenvalue weighted by Gasteiger charge is -2.07. The molecule has 1 amide bonds. The summed E-state index contributed by atoms with van der Waals surface area (Å²) in [5, 5.41) is 12.3. The van der Waals surface area contributed by atoms with Gasteiger partial charge in [-0.2, -0.15) is 0 Å². The smallest absolute Gasteiger partial charge is 0.335 e. The molecule has 0 fully saturated rings. The maximum absolute atomic E-state index is 13.0. The van der Waals surface area contributed by atoms with Gasteiger partial charge >= 0.3 is 5.97 Å². The van der Waals surface area contributed by atoms with Crippen molar-refractivity contribution in [3.8, 4) is 0 Å². The molecule has 2 N–H and O–H groups in total. The van der Waals surface area contributed by atoms with Crippen LogP contribution in [0.3, 0.4) is 0 Å². The molecule has 3 aromatic rings. The zero-order valence-corrected chi connectivity index (χ0v) is 17.6. The van der Waals surface area contributed by atoms with Crippen molar-refractivity contribution in [3.63, 3.8) is 0 Å². The average Bonchev–Trinajstić information content (AvgIpc) is 2.69. The third kappa shape index (κ3) is 5.86. The lowest BCUT2D eigenvalue weighted by molar-refractivity contribution is -0.111. The largest absolute Gasteiger partial charge is 0.478 e. The van der Waals surface area contributed by atoms with Gasteiger partial charge in [0.2, 0.25) is 5.91 Å². The second kappa shape index (κ2) is 9.80. The molecule has 152 valence electrons. The molecule has 3 rings (SSSR count). The van der Waals surface area contributed by atoms with E-state index in [1.165, 1.54) is 54.2 Å². The Hall–Kier alpha value is -2.80. The van der Waals surface area contributed by atoms with Crippen LogP contribution in [0.15, 0.2) is 76.5 Å². The zero-order valence-electron chi connectivity index (χ0n) is 15.2. The molecule has 8 heteroatoms. The van der Waals surface area contributed by atoms with Gasteiger partial charge < -0.3 is 10.4 Å². The van der Waals surface area contributed by atoms with E-state index in [1.54, 1.807) is 30.3 Å². The van der Waals surface area contributed by atoms with Gasteiger partial charge in [0.1, 0.15) is 5.82 Å². The topological polar surface area (TPSA) is 66.4 Å². The highest BCUT2D eigenvalue weighted by Crippen LogP contribution is 2.35. The van der Waals surface area contributed by atoms with E-state index in [2.05, 4.69) is 5.32 Å². The van der Waals surface area contributed by atoms with E-state index in [-0.39, 0.29) is 11.4 Å². The Bertz CT molecular complexity index is 1110. The van der Waals surface area contributed by atoms with Gasteiger partial charge in [-0.25, -0.2) is 9.18 Å². The SMILES string of the molecule is O=C(C=Cc1c(Cl)cc(Sc2ccc(F)cc2)cc1Cl)Nc1cccc(C(=O)O)c1. The third-order valence-corrected chi connectivity index (χ3v) is 5.49. The molecule has 0 aliphatic heterocycles. The normalized spacial score (nSPS) is 10.9. The Kier molecular flexibility index (Phi) is 7.15. The number of nitrogens with one attached hydrogen (secondary N) is 1. The quantitative estimate of drug-likeness (QED) is 0.404. The molecule has 0 heterocycles. The number of carbonyl (C=O) groups is 2. The molecular formula is C22H14Cl2FNO3S. The van der Waals surface area contributed by atoms with E-state index >= 15 is 0 Å². The summed E-state index contributed by atoms with van der Waals surface area (Å²) in [5.74, 6) is -1.86. The van der Waals surface area contributed by atoms with Crippen molar-refractivity contribution in [1.29, 1.82) is 0 Å². The van der Waals surface area contributed by atoms with Crippen molar-refractivity contribution in [1.82, 2.24) is 0 Å². The lowest BCUT2D eigenvalue weighted by Crippen LogP contribution is -2.08. The van der Waals surface area contributed by atoms with Gasteiger partial charge in [-0.1, -0.05) is 41.0 Å². The molecule has 4 nitrogen and oxygen atoms in total. The molecule has 0 spiro atoms. The van der Waals surface area contributed by atoms with Crippen molar-refractivity contribution in [2.24, 2.45) is 0 Å². The maximum Gasteiger partial charge on any atom is 0.335 e. The predicted octanol–water partition coefficient (Wildman–Crippen LogP) is 6.63. The number of anilines is 1. The van der Waals surface area contributed by atoms with Crippen LogP contribution in [0.5, 0.6) is 0 Å². The fourth-order valence-corrected chi connectivity index (χ4v) is 4.13. The summed E-state index contributed by atoms with van der Waals surface area (Å²) in [6.07, 6.45) is 2.74. The third-order valence-electron chi connectivity index (χ3n) is 3.88. The Labute approximate surface area is 186 Å². The number of rotatable bonds is 6. The summed E-state index contributed by atoms with van der Waals surface area (Å²) in [6, 6.07) is 15.4. The zero-order chi connectivity index (χ0) is 21.7. The monoisotopic (exact) mass is 461 g/mol. The molecule has 0 saturated carbocycles. The van der Waals surface area contributed by atoms with Crippen LogP contribution >= 0.6 is 35.0 Å². The number of aromatic carboxylic acids is 1. The van der Waals surface area contributed by atoms with Gasteiger partial charge in [0, 0.05) is 27.1 Å². The highest BCUT2D eigenvalue weighted by Gasteiger charge is 2.09. The van der Waals surface area contributed by atoms with Gasteiger partial charge in [0.05, 0.1) is 15.6 Å². The molecule has 0 saturated heterocycles. The first-order chi connectivity index (χ1) is 14.3. The molecule has 0 aromatic heterocycles. The summed E-state index contributed by atoms with van der Waals surface area (Å²) in [7, 11) is 0. The molecule has 3 aromatic carbocycles. The number of benzene rings is 3. The highest BCUT2D eigenvalue weighted by molar-refractivity contribution is 7.99. The molecule has 0 radical (unpaired) electrons. The van der Waals surface area contributed by atoms with Gasteiger partial charge in [-0.15, -0.1) is 0 Å². The van der Waals surface area contributed by atoms with Crippen molar-refractivity contribution >= 4 is 58.6 Å². The van der Waals surface area contributed by atoms with E-state index in [0.29, 0.717) is 21.3 Å². The van der Waals surface area contributed by atoms with Crippen LogP contribution in [0.4, 0.5) is 10.1 Å². The van der Waals surface area contributed by atoms with Crippen molar-refractivity contribution in [3.05, 3.63) is 93.7 Å². The fraction of sp³-hybridized carbons (Fsp3) is 0. The van der Waals surface area contributed by atoms with E-state index in [0.717, 1.165) is 9.79 Å². The van der Waals surface area contributed by atoms with Crippen LogP contribution < -0.4 is 5.32 Å². The summed E-state index contributed by atoms with van der Waals surface area (Å²) < 4.78 is 13.0. The highest BCUT2D eigenvalue weighted by atomic mass is 35.5. The van der Waals surface area contributed by atoms with Gasteiger partial charge in [0.15, 0.2) is 0 Å². The van der Waals surface area contributed by atoms with Crippen LogP contribution in [-0.2, 0) is 4.79 Å². The Morgan fingerprint density at radius 1 is 0.967 bits per heavy atom. The second-order valence-corrected chi connectivity index (χ2v) is 8.03. The fourth-order valence-electron chi connectivity index (χ4n) is 2.49. The standard InChI is InChI=1S/C22H14Cl2FNO3S/c23-19-11-17(30-16-6-4-14(25)5-7-16)12-20(24)18(19)8-9-21(27)26-15-3-1-2-13(10-15)22(28)29/h1-12H,(H,26,27)(H,28,29). The minimum Gasteiger partial charge on any atom is -0.478 e. The molecule has 0 aliphatic carbocycles. The van der Waals surface area contributed by atoms with Crippen LogP contribution in [0, 0.1) is 5.82 Å². The van der Waals surface area contributed by atoms with E-state index in [1.807, 2.05) is 0 Å². The van der Waals surface area contributed by atoms with Crippen LogP contribution in [0.1, 0.15) is 15.9 Å². The van der Waals surface area contributed by atoms with Crippen molar-refractivity contribution < 1.29 is 19.1 Å². The second-order valence-electron chi connectivity index (χ2n) is 6.07. The molecular weight excluding hydrogens is 448 g/mol. The number of amides is 1. The molecule has 30 heavy (non-hydrogen) atoms. The summed E-state index contributed by atoms with van der Waals surface area (Å²) in [5.41, 5.74) is 0.890. The van der Waals surface area contributed by atoms with Gasteiger partial charge in [-0.3, -0.25) is 4.79 Å². The summed E-state index contributed by atoms with van der Waals surface area (Å²) in [4.78, 5) is 24.8. The Morgan fingerprint density at radius 3 is 2.27 bits per heavy atom. The van der Waals surface area contributed by atoms with E-state index in [9.17, 15) is 14.0 Å². The number of halogens is 3. The van der Waals surface area contributed by atoms with Crippen LogP contribution in [-0.4, -0.2) is 17.0 Å². The maximum atomic E-state index is 13.0. The first-order valence-corrected chi connectivity index (χ1v) is 10.1. The minimum absolute atomic E-state index is 0.0668. The Morgan fingerprint density at radius 2 is 1.63 bits per heavy atom. The van der Waals surface area contributed by atoms with Crippen LogP contribution in [0.25, 0.3) is 6.08 Å². The summed E-state index contributed by atoms with van der Waals surface area (Å²) >= 11 is 14.0. The van der Waals surface area contributed by atoms with Crippen LogP contribution in [0.2, 0.25) is 10.0 Å². The van der Waals surface area contributed by atoms with Gasteiger partial charge in [-0.05, 0) is 60.7 Å². The number of carboxylic acids is 1. The van der Waals surface area contributed by atoms with E-state index < -0.39 is 11.9 Å². The Balaban J connectivity index is 1.72.